The Bertz CT molecular complexity index is 1150. The van der Waals surface area contributed by atoms with Gasteiger partial charge in [-0.05, 0) is 55.7 Å². The Kier molecular flexibility index (Phi) is 5.88. The molecule has 0 saturated heterocycles. The van der Waals surface area contributed by atoms with Gasteiger partial charge in [0.2, 0.25) is 5.91 Å². The number of carbonyl (C=O) groups is 2. The fourth-order valence-electron chi connectivity index (χ4n) is 3.51. The first-order valence-corrected chi connectivity index (χ1v) is 9.63. The van der Waals surface area contributed by atoms with Crippen LogP contribution >= 0.6 is 0 Å². The Balaban J connectivity index is 2.12. The van der Waals surface area contributed by atoms with Gasteiger partial charge in [0.15, 0.2) is 0 Å². The summed E-state index contributed by atoms with van der Waals surface area (Å²) in [6.45, 7) is 5.10. The molecular formula is C24H23F2N3O2. The van der Waals surface area contributed by atoms with Crippen molar-refractivity contribution in [3.05, 3.63) is 83.2 Å². The first-order valence-electron chi connectivity index (χ1n) is 9.63. The van der Waals surface area contributed by atoms with E-state index in [9.17, 15) is 18.4 Å². The highest BCUT2D eigenvalue weighted by molar-refractivity contribution is 6.04. The molecule has 0 aliphatic rings. The van der Waals surface area contributed by atoms with E-state index in [1.165, 1.54) is 11.1 Å². The van der Waals surface area contributed by atoms with Gasteiger partial charge in [0.05, 0.1) is 17.3 Å². The molecule has 0 bridgehead atoms. The van der Waals surface area contributed by atoms with Crippen molar-refractivity contribution in [2.45, 2.75) is 26.2 Å². The van der Waals surface area contributed by atoms with Crippen molar-refractivity contribution < 1.29 is 18.4 Å². The van der Waals surface area contributed by atoms with E-state index < -0.39 is 28.9 Å². The minimum absolute atomic E-state index is 0.0642. The molecule has 2 amide bonds. The number of aryl methyl sites for hydroxylation is 1. The number of pyridine rings is 1. The Hall–Kier alpha value is -3.61. The van der Waals surface area contributed by atoms with E-state index in [2.05, 4.69) is 4.98 Å². The van der Waals surface area contributed by atoms with Crippen LogP contribution in [-0.2, 0) is 10.2 Å². The van der Waals surface area contributed by atoms with E-state index in [1.54, 1.807) is 27.0 Å². The van der Waals surface area contributed by atoms with Gasteiger partial charge in [-0.2, -0.15) is 0 Å². The van der Waals surface area contributed by atoms with Gasteiger partial charge < -0.3 is 10.6 Å². The lowest BCUT2D eigenvalue weighted by Gasteiger charge is -2.31. The molecule has 0 aliphatic carbocycles. The van der Waals surface area contributed by atoms with Gasteiger partial charge in [-0.15, -0.1) is 0 Å². The third kappa shape index (κ3) is 4.30. The molecular weight excluding hydrogens is 400 g/mol. The summed E-state index contributed by atoms with van der Waals surface area (Å²) in [6, 6.07) is 12.1. The molecule has 31 heavy (non-hydrogen) atoms. The zero-order valence-electron chi connectivity index (χ0n) is 17.7. The summed E-state index contributed by atoms with van der Waals surface area (Å²) in [6.07, 6.45) is 1.40. The van der Waals surface area contributed by atoms with Crippen LogP contribution in [0.15, 0.2) is 54.7 Å². The van der Waals surface area contributed by atoms with E-state index in [4.69, 9.17) is 5.73 Å². The molecule has 0 fully saturated rings. The number of rotatable bonds is 5. The lowest BCUT2D eigenvalue weighted by atomic mass is 9.82. The maximum absolute atomic E-state index is 13.8. The highest BCUT2D eigenvalue weighted by Crippen LogP contribution is 2.35. The van der Waals surface area contributed by atoms with Crippen molar-refractivity contribution in [3.8, 4) is 11.1 Å². The maximum atomic E-state index is 13.8. The van der Waals surface area contributed by atoms with Crippen molar-refractivity contribution in [1.82, 2.24) is 4.98 Å². The summed E-state index contributed by atoms with van der Waals surface area (Å²) in [7, 11) is 1.56. The van der Waals surface area contributed by atoms with Crippen LogP contribution in [0.2, 0.25) is 0 Å². The van der Waals surface area contributed by atoms with Gasteiger partial charge in [0.1, 0.15) is 17.3 Å². The first-order chi connectivity index (χ1) is 14.5. The summed E-state index contributed by atoms with van der Waals surface area (Å²) >= 11 is 0. The van der Waals surface area contributed by atoms with Crippen LogP contribution in [0.3, 0.4) is 0 Å². The number of likely N-dealkylation sites (N-methyl/N-ethyl adjacent to an activating group) is 1. The van der Waals surface area contributed by atoms with Crippen LogP contribution < -0.4 is 10.6 Å². The SMILES string of the molecule is Cc1ccccc1-c1cc(C(N)=O)ncc1N(C)C(=O)C(C)(C)c1cc(F)cc(F)c1. The van der Waals surface area contributed by atoms with Crippen LogP contribution in [0.4, 0.5) is 14.5 Å². The number of hydrogen-bond donors (Lipinski definition) is 1. The Labute approximate surface area is 179 Å². The minimum Gasteiger partial charge on any atom is -0.364 e. The summed E-state index contributed by atoms with van der Waals surface area (Å²) in [4.78, 5) is 30.6. The molecule has 2 N–H and O–H groups in total. The lowest BCUT2D eigenvalue weighted by molar-refractivity contribution is -0.122. The summed E-state index contributed by atoms with van der Waals surface area (Å²) in [5.41, 5.74) is 7.21. The monoisotopic (exact) mass is 423 g/mol. The van der Waals surface area contributed by atoms with Crippen LogP contribution in [-0.4, -0.2) is 23.8 Å². The number of aromatic nitrogens is 1. The third-order valence-corrected chi connectivity index (χ3v) is 5.36. The molecule has 160 valence electrons. The van der Waals surface area contributed by atoms with Gasteiger partial charge in [-0.25, -0.2) is 13.8 Å². The minimum atomic E-state index is -1.23. The quantitative estimate of drug-likeness (QED) is 0.662. The topological polar surface area (TPSA) is 76.3 Å². The Morgan fingerprint density at radius 1 is 1.00 bits per heavy atom. The average Bonchev–Trinajstić information content (AvgIpc) is 2.71. The molecule has 0 spiro atoms. The molecule has 0 atom stereocenters. The van der Waals surface area contributed by atoms with E-state index in [-0.39, 0.29) is 11.3 Å². The van der Waals surface area contributed by atoms with Crippen LogP contribution in [0.5, 0.6) is 0 Å². The largest absolute Gasteiger partial charge is 0.364 e. The molecule has 0 aliphatic heterocycles. The second-order valence-corrected chi connectivity index (χ2v) is 7.91. The second kappa shape index (κ2) is 8.26. The van der Waals surface area contributed by atoms with Crippen LogP contribution in [0.25, 0.3) is 11.1 Å². The molecule has 3 rings (SSSR count). The highest BCUT2D eigenvalue weighted by Gasteiger charge is 2.35. The van der Waals surface area contributed by atoms with Crippen molar-refractivity contribution in [3.63, 3.8) is 0 Å². The van der Waals surface area contributed by atoms with Crippen molar-refractivity contribution >= 4 is 17.5 Å². The molecule has 0 radical (unpaired) electrons. The third-order valence-electron chi connectivity index (χ3n) is 5.36. The highest BCUT2D eigenvalue weighted by atomic mass is 19.1. The fourth-order valence-corrected chi connectivity index (χ4v) is 3.51. The molecule has 1 heterocycles. The molecule has 3 aromatic rings. The normalized spacial score (nSPS) is 11.3. The molecule has 0 saturated carbocycles. The van der Waals surface area contributed by atoms with Gasteiger partial charge in [0.25, 0.3) is 5.91 Å². The van der Waals surface area contributed by atoms with E-state index >= 15 is 0 Å². The number of anilines is 1. The smallest absolute Gasteiger partial charge is 0.267 e. The van der Waals surface area contributed by atoms with Gasteiger partial charge in [0, 0.05) is 18.7 Å². The molecule has 5 nitrogen and oxygen atoms in total. The fraction of sp³-hybridized carbons (Fsp3) is 0.208. The predicted molar refractivity (Wildman–Crippen MR) is 116 cm³/mol. The van der Waals surface area contributed by atoms with Gasteiger partial charge >= 0.3 is 0 Å². The Morgan fingerprint density at radius 3 is 2.19 bits per heavy atom. The molecule has 1 aromatic heterocycles. The summed E-state index contributed by atoms with van der Waals surface area (Å²) in [5, 5.41) is 0. The van der Waals surface area contributed by atoms with Crippen molar-refractivity contribution in [2.75, 3.05) is 11.9 Å². The number of hydrogen-bond acceptors (Lipinski definition) is 3. The number of benzene rings is 2. The van der Waals surface area contributed by atoms with Gasteiger partial charge in [-0.1, -0.05) is 24.3 Å². The summed E-state index contributed by atoms with van der Waals surface area (Å²) in [5.74, 6) is -2.61. The van der Waals surface area contributed by atoms with E-state index in [0.29, 0.717) is 11.3 Å². The number of nitrogens with zero attached hydrogens (tertiary/aromatic N) is 2. The standard InChI is InChI=1S/C24H23F2N3O2/c1-14-7-5-6-8-18(14)19-12-20(22(27)30)28-13-21(19)29(4)23(31)24(2,3)15-9-16(25)11-17(26)10-15/h5-13H,1-4H3,(H2,27,30). The summed E-state index contributed by atoms with van der Waals surface area (Å²) < 4.78 is 27.6. The van der Waals surface area contributed by atoms with Crippen LogP contribution in [0.1, 0.15) is 35.5 Å². The van der Waals surface area contributed by atoms with Crippen molar-refractivity contribution in [2.24, 2.45) is 5.73 Å². The van der Waals surface area contributed by atoms with E-state index in [0.717, 1.165) is 29.3 Å². The lowest BCUT2D eigenvalue weighted by Crippen LogP contribution is -2.42. The number of halogens is 2. The Morgan fingerprint density at radius 2 is 1.61 bits per heavy atom. The zero-order valence-corrected chi connectivity index (χ0v) is 17.7. The first kappa shape index (κ1) is 22.1. The molecule has 0 unspecified atom stereocenters. The number of amides is 2. The molecule has 7 heteroatoms. The number of carbonyl (C=O) groups excluding carboxylic acids is 2. The predicted octanol–water partition coefficient (Wildman–Crippen LogP) is 4.37. The number of nitrogens with two attached hydrogens (primary N) is 1. The van der Waals surface area contributed by atoms with Gasteiger partial charge in [-0.3, -0.25) is 9.59 Å². The molecule has 2 aromatic carbocycles. The zero-order chi connectivity index (χ0) is 22.9. The average molecular weight is 423 g/mol. The second-order valence-electron chi connectivity index (χ2n) is 7.91. The van der Waals surface area contributed by atoms with Crippen LogP contribution in [0, 0.1) is 18.6 Å². The van der Waals surface area contributed by atoms with Crippen molar-refractivity contribution in [1.29, 1.82) is 0 Å². The number of primary amides is 1. The van der Waals surface area contributed by atoms with E-state index in [1.807, 2.05) is 31.2 Å². The maximum Gasteiger partial charge on any atom is 0.267 e.